The lowest BCUT2D eigenvalue weighted by atomic mass is 10.1. The van der Waals surface area contributed by atoms with Crippen LogP contribution in [0, 0.1) is 0 Å². The minimum absolute atomic E-state index is 0.486. The van der Waals surface area contributed by atoms with Gasteiger partial charge in [-0.05, 0) is 18.6 Å². The van der Waals surface area contributed by atoms with Crippen molar-refractivity contribution < 1.29 is 4.74 Å². The van der Waals surface area contributed by atoms with Gasteiger partial charge in [0.05, 0.1) is 12.1 Å². The molecule has 0 spiro atoms. The number of benzene rings is 1. The molecule has 18 heavy (non-hydrogen) atoms. The van der Waals surface area contributed by atoms with Crippen LogP contribution in [0.1, 0.15) is 18.9 Å². The smallest absolute Gasteiger partial charge is 0.214 e. The summed E-state index contributed by atoms with van der Waals surface area (Å²) in [4.78, 5) is 4.47. The first kappa shape index (κ1) is 12.6. The molecule has 2 aromatic rings. The van der Waals surface area contributed by atoms with Crippen LogP contribution in [0.5, 0.6) is 5.88 Å². The summed E-state index contributed by atoms with van der Waals surface area (Å²) in [5.74, 6) is 0.635. The van der Waals surface area contributed by atoms with Crippen molar-refractivity contribution in [2.45, 2.75) is 19.9 Å². The minimum atomic E-state index is 0.486. The molecule has 0 fully saturated rings. The Morgan fingerprint density at radius 1 is 1.39 bits per heavy atom. The lowest BCUT2D eigenvalue weighted by Gasteiger charge is -2.09. The summed E-state index contributed by atoms with van der Waals surface area (Å²) in [6.45, 7) is 6.93. The number of para-hydroxylation sites is 1. The predicted octanol–water partition coefficient (Wildman–Crippen LogP) is 3.04. The average molecular weight is 242 g/mol. The van der Waals surface area contributed by atoms with Crippen molar-refractivity contribution in [1.82, 2.24) is 4.98 Å². The standard InChI is InChI=1S/C15H18N2O/c1-11(2)7-8-18-15-9-12(10-16)13-5-3-4-6-14(13)17-15/h3-6,9H,1,7-8,10,16H2,2H3. The number of aromatic nitrogens is 1. The number of ether oxygens (including phenoxy) is 1. The molecule has 0 saturated heterocycles. The Bertz CT molecular complexity index is 563. The van der Waals surface area contributed by atoms with Gasteiger partial charge in [0.15, 0.2) is 0 Å². The molecule has 0 bridgehead atoms. The second-order valence-electron chi connectivity index (χ2n) is 4.40. The molecule has 0 aliphatic rings. The van der Waals surface area contributed by atoms with E-state index in [2.05, 4.69) is 11.6 Å². The third-order valence-corrected chi connectivity index (χ3v) is 2.78. The summed E-state index contributed by atoms with van der Waals surface area (Å²) in [7, 11) is 0. The van der Waals surface area contributed by atoms with E-state index in [1.807, 2.05) is 37.3 Å². The average Bonchev–Trinajstić information content (AvgIpc) is 2.37. The molecular weight excluding hydrogens is 224 g/mol. The second-order valence-corrected chi connectivity index (χ2v) is 4.40. The van der Waals surface area contributed by atoms with E-state index in [9.17, 15) is 0 Å². The van der Waals surface area contributed by atoms with Crippen molar-refractivity contribution in [2.24, 2.45) is 5.73 Å². The summed E-state index contributed by atoms with van der Waals surface area (Å²) in [5, 5.41) is 1.09. The van der Waals surface area contributed by atoms with Gasteiger partial charge >= 0.3 is 0 Å². The van der Waals surface area contributed by atoms with Crippen LogP contribution in [-0.4, -0.2) is 11.6 Å². The van der Waals surface area contributed by atoms with Gasteiger partial charge in [0.2, 0.25) is 5.88 Å². The molecule has 0 amide bonds. The first-order valence-electron chi connectivity index (χ1n) is 6.06. The van der Waals surface area contributed by atoms with Crippen molar-refractivity contribution in [1.29, 1.82) is 0 Å². The van der Waals surface area contributed by atoms with Crippen LogP contribution in [0.4, 0.5) is 0 Å². The topological polar surface area (TPSA) is 48.1 Å². The van der Waals surface area contributed by atoms with E-state index < -0.39 is 0 Å². The maximum absolute atomic E-state index is 5.76. The quantitative estimate of drug-likeness (QED) is 0.820. The first-order chi connectivity index (χ1) is 8.70. The highest BCUT2D eigenvalue weighted by Gasteiger charge is 2.05. The Morgan fingerprint density at radius 2 is 2.17 bits per heavy atom. The molecule has 0 atom stereocenters. The minimum Gasteiger partial charge on any atom is -0.477 e. The van der Waals surface area contributed by atoms with Gasteiger partial charge in [-0.3, -0.25) is 0 Å². The van der Waals surface area contributed by atoms with Crippen LogP contribution in [-0.2, 0) is 6.54 Å². The fourth-order valence-corrected chi connectivity index (χ4v) is 1.79. The molecule has 94 valence electrons. The lowest BCUT2D eigenvalue weighted by Crippen LogP contribution is -2.03. The molecule has 3 heteroatoms. The number of rotatable bonds is 5. The molecule has 0 aliphatic carbocycles. The van der Waals surface area contributed by atoms with Gasteiger partial charge in [0.1, 0.15) is 0 Å². The lowest BCUT2D eigenvalue weighted by molar-refractivity contribution is 0.310. The van der Waals surface area contributed by atoms with Gasteiger partial charge in [-0.2, -0.15) is 0 Å². The van der Waals surface area contributed by atoms with E-state index in [-0.39, 0.29) is 0 Å². The van der Waals surface area contributed by atoms with E-state index >= 15 is 0 Å². The number of hydrogen-bond donors (Lipinski definition) is 1. The molecule has 2 N–H and O–H groups in total. The van der Waals surface area contributed by atoms with Gasteiger partial charge in [0, 0.05) is 24.4 Å². The molecule has 2 rings (SSSR count). The largest absolute Gasteiger partial charge is 0.477 e. The Balaban J connectivity index is 2.26. The molecule has 3 nitrogen and oxygen atoms in total. The normalized spacial score (nSPS) is 10.6. The Hall–Kier alpha value is -1.87. The maximum Gasteiger partial charge on any atom is 0.214 e. The number of pyridine rings is 1. The number of nitrogens with two attached hydrogens (primary N) is 1. The zero-order valence-corrected chi connectivity index (χ0v) is 10.6. The molecule has 0 saturated carbocycles. The molecular formula is C15H18N2O. The summed E-state index contributed by atoms with van der Waals surface area (Å²) >= 11 is 0. The molecule has 0 radical (unpaired) electrons. The first-order valence-corrected chi connectivity index (χ1v) is 6.06. The fourth-order valence-electron chi connectivity index (χ4n) is 1.79. The Kier molecular flexibility index (Phi) is 3.95. The van der Waals surface area contributed by atoms with Crippen LogP contribution >= 0.6 is 0 Å². The number of fused-ring (bicyclic) bond motifs is 1. The van der Waals surface area contributed by atoms with Crippen molar-refractivity contribution in [3.63, 3.8) is 0 Å². The summed E-state index contributed by atoms with van der Waals surface area (Å²) in [6, 6.07) is 9.88. The fraction of sp³-hybridized carbons (Fsp3) is 0.267. The van der Waals surface area contributed by atoms with Crippen LogP contribution in [0.25, 0.3) is 10.9 Å². The zero-order valence-electron chi connectivity index (χ0n) is 10.6. The number of hydrogen-bond acceptors (Lipinski definition) is 3. The van der Waals surface area contributed by atoms with E-state index in [1.54, 1.807) is 0 Å². The van der Waals surface area contributed by atoms with Gasteiger partial charge in [-0.15, -0.1) is 6.58 Å². The monoisotopic (exact) mass is 242 g/mol. The predicted molar refractivity (Wildman–Crippen MR) is 74.6 cm³/mol. The van der Waals surface area contributed by atoms with E-state index in [4.69, 9.17) is 10.5 Å². The third-order valence-electron chi connectivity index (χ3n) is 2.78. The van der Waals surface area contributed by atoms with Crippen molar-refractivity contribution in [3.05, 3.63) is 48.0 Å². The highest BCUT2D eigenvalue weighted by atomic mass is 16.5. The van der Waals surface area contributed by atoms with Gasteiger partial charge in [-0.25, -0.2) is 4.98 Å². The number of nitrogens with zero attached hydrogens (tertiary/aromatic N) is 1. The summed E-state index contributed by atoms with van der Waals surface area (Å²) in [6.07, 6.45) is 0.840. The highest BCUT2D eigenvalue weighted by Crippen LogP contribution is 2.21. The molecule has 1 aromatic carbocycles. The van der Waals surface area contributed by atoms with E-state index in [1.165, 1.54) is 0 Å². The van der Waals surface area contributed by atoms with Crippen LogP contribution < -0.4 is 10.5 Å². The third kappa shape index (κ3) is 2.87. The van der Waals surface area contributed by atoms with Crippen molar-refractivity contribution in [3.8, 4) is 5.88 Å². The van der Waals surface area contributed by atoms with Crippen LogP contribution in [0.2, 0.25) is 0 Å². The summed E-state index contributed by atoms with van der Waals surface area (Å²) in [5.41, 5.74) is 8.85. The molecule has 1 heterocycles. The van der Waals surface area contributed by atoms with Gasteiger partial charge in [0.25, 0.3) is 0 Å². The Morgan fingerprint density at radius 3 is 2.89 bits per heavy atom. The Labute approximate surface area is 107 Å². The molecule has 0 unspecified atom stereocenters. The second kappa shape index (κ2) is 5.65. The summed E-state index contributed by atoms with van der Waals surface area (Å²) < 4.78 is 5.64. The van der Waals surface area contributed by atoms with E-state index in [0.717, 1.165) is 28.5 Å². The zero-order chi connectivity index (χ0) is 13.0. The molecule has 0 aliphatic heterocycles. The molecule has 1 aromatic heterocycles. The van der Waals surface area contributed by atoms with Crippen molar-refractivity contribution in [2.75, 3.05) is 6.61 Å². The SMILES string of the molecule is C=C(C)CCOc1cc(CN)c2ccccc2n1. The van der Waals surface area contributed by atoms with Crippen LogP contribution in [0.3, 0.4) is 0 Å². The highest BCUT2D eigenvalue weighted by molar-refractivity contribution is 5.82. The van der Waals surface area contributed by atoms with Crippen molar-refractivity contribution >= 4 is 10.9 Å². The van der Waals surface area contributed by atoms with Gasteiger partial charge in [-0.1, -0.05) is 23.8 Å². The van der Waals surface area contributed by atoms with E-state index in [0.29, 0.717) is 19.0 Å². The maximum atomic E-state index is 5.76. The van der Waals surface area contributed by atoms with Crippen LogP contribution in [0.15, 0.2) is 42.5 Å². The van der Waals surface area contributed by atoms with Gasteiger partial charge < -0.3 is 10.5 Å².